The molecule has 1 aromatic heterocycles. The van der Waals surface area contributed by atoms with E-state index in [-0.39, 0.29) is 5.69 Å². The average molecular weight is 284 g/mol. The average Bonchev–Trinajstić information content (AvgIpc) is 2.38. The standard InChI is InChI=1S/C12H5ClF3N3/c13-8-3-1-7(2-4-8)9-5-10(12(14,15)16)19-11(6-17)18-9/h1-5H. The second-order valence-electron chi connectivity index (χ2n) is 3.58. The number of nitriles is 1. The Kier molecular flexibility index (Phi) is 3.40. The van der Waals surface area contributed by atoms with Gasteiger partial charge < -0.3 is 0 Å². The van der Waals surface area contributed by atoms with E-state index in [1.54, 1.807) is 0 Å². The van der Waals surface area contributed by atoms with Crippen LogP contribution >= 0.6 is 11.6 Å². The van der Waals surface area contributed by atoms with Crippen molar-refractivity contribution in [3.63, 3.8) is 0 Å². The molecule has 0 amide bonds. The topological polar surface area (TPSA) is 49.6 Å². The summed E-state index contributed by atoms with van der Waals surface area (Å²) < 4.78 is 37.9. The van der Waals surface area contributed by atoms with Gasteiger partial charge in [-0.1, -0.05) is 23.7 Å². The van der Waals surface area contributed by atoms with Crippen LogP contribution in [0.15, 0.2) is 30.3 Å². The van der Waals surface area contributed by atoms with Gasteiger partial charge in [0.15, 0.2) is 0 Å². The van der Waals surface area contributed by atoms with Gasteiger partial charge in [0.1, 0.15) is 11.8 Å². The predicted octanol–water partition coefficient (Wildman–Crippen LogP) is 3.69. The van der Waals surface area contributed by atoms with Gasteiger partial charge in [0.25, 0.3) is 0 Å². The molecule has 0 N–H and O–H groups in total. The number of benzene rings is 1. The summed E-state index contributed by atoms with van der Waals surface area (Å²) in [6.07, 6.45) is -4.63. The molecule has 7 heteroatoms. The third kappa shape index (κ3) is 3.01. The third-order valence-corrected chi connectivity index (χ3v) is 2.51. The lowest BCUT2D eigenvalue weighted by Crippen LogP contribution is -2.10. The first kappa shape index (κ1) is 13.3. The van der Waals surface area contributed by atoms with E-state index in [4.69, 9.17) is 16.9 Å². The Morgan fingerprint density at radius 3 is 2.26 bits per heavy atom. The normalized spacial score (nSPS) is 11.1. The van der Waals surface area contributed by atoms with Crippen molar-refractivity contribution in [2.45, 2.75) is 6.18 Å². The van der Waals surface area contributed by atoms with E-state index >= 15 is 0 Å². The lowest BCUT2D eigenvalue weighted by atomic mass is 10.1. The van der Waals surface area contributed by atoms with Gasteiger partial charge >= 0.3 is 6.18 Å². The van der Waals surface area contributed by atoms with Crippen LogP contribution in [0.1, 0.15) is 11.5 Å². The highest BCUT2D eigenvalue weighted by Crippen LogP contribution is 2.30. The largest absolute Gasteiger partial charge is 0.433 e. The summed E-state index contributed by atoms with van der Waals surface area (Å²) in [7, 11) is 0. The minimum atomic E-state index is -4.63. The number of hydrogen-bond donors (Lipinski definition) is 0. The van der Waals surface area contributed by atoms with E-state index in [0.717, 1.165) is 6.07 Å². The van der Waals surface area contributed by atoms with Gasteiger partial charge in [-0.25, -0.2) is 9.97 Å². The summed E-state index contributed by atoms with van der Waals surface area (Å²) in [5.41, 5.74) is -0.701. The van der Waals surface area contributed by atoms with Crippen LogP contribution in [-0.2, 0) is 6.18 Å². The Morgan fingerprint density at radius 1 is 1.11 bits per heavy atom. The van der Waals surface area contributed by atoms with E-state index in [1.807, 2.05) is 0 Å². The van der Waals surface area contributed by atoms with Crippen molar-refractivity contribution in [3.8, 4) is 17.3 Å². The molecule has 1 heterocycles. The molecule has 2 rings (SSSR count). The summed E-state index contributed by atoms with van der Waals surface area (Å²) in [6, 6.07) is 8.40. The second kappa shape index (κ2) is 4.86. The lowest BCUT2D eigenvalue weighted by Gasteiger charge is -2.08. The fourth-order valence-corrected chi connectivity index (χ4v) is 1.54. The maximum absolute atomic E-state index is 12.6. The zero-order chi connectivity index (χ0) is 14.0. The van der Waals surface area contributed by atoms with Gasteiger partial charge in [0, 0.05) is 10.6 Å². The first-order chi connectivity index (χ1) is 8.90. The summed E-state index contributed by atoms with van der Waals surface area (Å²) in [6.45, 7) is 0. The summed E-state index contributed by atoms with van der Waals surface area (Å²) in [5, 5.41) is 9.13. The Morgan fingerprint density at radius 2 is 1.74 bits per heavy atom. The van der Waals surface area contributed by atoms with Gasteiger partial charge in [-0.15, -0.1) is 0 Å². The summed E-state index contributed by atoms with van der Waals surface area (Å²) in [4.78, 5) is 6.89. The van der Waals surface area contributed by atoms with Gasteiger partial charge in [-0.05, 0) is 18.2 Å². The molecule has 0 saturated heterocycles. The molecule has 0 aliphatic heterocycles. The van der Waals surface area contributed by atoms with Crippen molar-refractivity contribution < 1.29 is 13.2 Å². The van der Waals surface area contributed by atoms with Crippen molar-refractivity contribution in [1.29, 1.82) is 5.26 Å². The molecule has 96 valence electrons. The molecule has 1 aromatic carbocycles. The molecule has 0 aliphatic rings. The zero-order valence-electron chi connectivity index (χ0n) is 9.24. The molecule has 0 aliphatic carbocycles. The van der Waals surface area contributed by atoms with Gasteiger partial charge in [-0.3, -0.25) is 0 Å². The number of hydrogen-bond acceptors (Lipinski definition) is 3. The number of nitrogens with zero attached hydrogens (tertiary/aromatic N) is 3. The van der Waals surface area contributed by atoms with Crippen molar-refractivity contribution in [2.75, 3.05) is 0 Å². The van der Waals surface area contributed by atoms with Crippen molar-refractivity contribution >= 4 is 11.6 Å². The van der Waals surface area contributed by atoms with Crippen molar-refractivity contribution in [1.82, 2.24) is 9.97 Å². The van der Waals surface area contributed by atoms with E-state index in [9.17, 15) is 13.2 Å². The molecule has 0 fully saturated rings. The Balaban J connectivity index is 2.58. The molecule has 2 aromatic rings. The van der Waals surface area contributed by atoms with Gasteiger partial charge in [0.2, 0.25) is 5.82 Å². The van der Waals surface area contributed by atoms with Crippen LogP contribution in [0.3, 0.4) is 0 Å². The minimum absolute atomic E-state index is 0.0236. The Bertz CT molecular complexity index is 645. The molecular weight excluding hydrogens is 279 g/mol. The molecule has 0 radical (unpaired) electrons. The highest BCUT2D eigenvalue weighted by atomic mass is 35.5. The Hall–Kier alpha value is -2.13. The Labute approximate surface area is 111 Å². The maximum Gasteiger partial charge on any atom is 0.433 e. The summed E-state index contributed by atoms with van der Waals surface area (Å²) in [5.74, 6) is -0.528. The third-order valence-electron chi connectivity index (χ3n) is 2.26. The van der Waals surface area contributed by atoms with E-state index in [0.29, 0.717) is 10.6 Å². The quantitative estimate of drug-likeness (QED) is 0.802. The number of alkyl halides is 3. The first-order valence-electron chi connectivity index (χ1n) is 5.02. The predicted molar refractivity (Wildman–Crippen MR) is 62.2 cm³/mol. The monoisotopic (exact) mass is 283 g/mol. The number of rotatable bonds is 1. The molecule has 0 bridgehead atoms. The molecule has 0 atom stereocenters. The van der Waals surface area contributed by atoms with Crippen molar-refractivity contribution in [3.05, 3.63) is 46.9 Å². The van der Waals surface area contributed by atoms with E-state index < -0.39 is 17.7 Å². The number of aromatic nitrogens is 2. The molecule has 0 spiro atoms. The maximum atomic E-state index is 12.6. The smallest absolute Gasteiger partial charge is 0.219 e. The summed E-state index contributed by atoms with van der Waals surface area (Å²) >= 11 is 5.70. The molecule has 3 nitrogen and oxygen atoms in total. The van der Waals surface area contributed by atoms with E-state index in [2.05, 4.69) is 9.97 Å². The van der Waals surface area contributed by atoms with E-state index in [1.165, 1.54) is 30.3 Å². The highest BCUT2D eigenvalue weighted by molar-refractivity contribution is 6.30. The lowest BCUT2D eigenvalue weighted by molar-refractivity contribution is -0.141. The molecule has 19 heavy (non-hydrogen) atoms. The molecule has 0 unspecified atom stereocenters. The number of halogens is 4. The fraction of sp³-hybridized carbons (Fsp3) is 0.0833. The van der Waals surface area contributed by atoms with Crippen LogP contribution in [0, 0.1) is 11.3 Å². The van der Waals surface area contributed by atoms with Crippen LogP contribution in [0.4, 0.5) is 13.2 Å². The van der Waals surface area contributed by atoms with Crippen molar-refractivity contribution in [2.24, 2.45) is 0 Å². The van der Waals surface area contributed by atoms with Gasteiger partial charge in [0.05, 0.1) is 5.69 Å². The van der Waals surface area contributed by atoms with Gasteiger partial charge in [-0.2, -0.15) is 18.4 Å². The molecule has 0 saturated carbocycles. The SMILES string of the molecule is N#Cc1nc(-c2ccc(Cl)cc2)cc(C(F)(F)F)n1. The van der Waals surface area contributed by atoms with Crippen LogP contribution in [0.5, 0.6) is 0 Å². The van der Waals surface area contributed by atoms with Crippen LogP contribution in [0.2, 0.25) is 5.02 Å². The zero-order valence-corrected chi connectivity index (χ0v) is 10.00. The minimum Gasteiger partial charge on any atom is -0.219 e. The van der Waals surface area contributed by atoms with Crippen LogP contribution < -0.4 is 0 Å². The highest BCUT2D eigenvalue weighted by Gasteiger charge is 2.33. The molecular formula is C12H5ClF3N3. The van der Waals surface area contributed by atoms with Crippen LogP contribution in [-0.4, -0.2) is 9.97 Å². The fourth-order valence-electron chi connectivity index (χ4n) is 1.41. The first-order valence-corrected chi connectivity index (χ1v) is 5.40. The second-order valence-corrected chi connectivity index (χ2v) is 4.01. The van der Waals surface area contributed by atoms with Crippen LogP contribution in [0.25, 0.3) is 11.3 Å².